The summed E-state index contributed by atoms with van der Waals surface area (Å²) >= 11 is 1.88. The largest absolute Gasteiger partial charge is 0.507 e. The van der Waals surface area contributed by atoms with E-state index in [1.54, 1.807) is 0 Å². The van der Waals surface area contributed by atoms with E-state index in [2.05, 4.69) is 60.6 Å². The predicted molar refractivity (Wildman–Crippen MR) is 86.5 cm³/mol. The Morgan fingerprint density at radius 1 is 0.947 bits per heavy atom. The molecule has 0 unspecified atom stereocenters. The Morgan fingerprint density at radius 3 is 1.68 bits per heavy atom. The molecule has 1 N–H and O–H groups in total. The molecule has 0 aliphatic rings. The van der Waals surface area contributed by atoms with Crippen LogP contribution in [-0.2, 0) is 10.8 Å². The van der Waals surface area contributed by atoms with Crippen LogP contribution in [0.4, 0.5) is 0 Å². The first-order chi connectivity index (χ1) is 8.57. The van der Waals surface area contributed by atoms with E-state index in [0.29, 0.717) is 5.75 Å². The van der Waals surface area contributed by atoms with Crippen molar-refractivity contribution in [1.82, 2.24) is 0 Å². The lowest BCUT2D eigenvalue weighted by Gasteiger charge is -2.28. The molecule has 1 rings (SSSR count). The first kappa shape index (κ1) is 16.4. The number of hydrogen-bond donors (Lipinski definition) is 1. The molecule has 0 radical (unpaired) electrons. The third-order valence-corrected chi connectivity index (χ3v) is 4.35. The molecular weight excluding hydrogens is 252 g/mol. The number of hydrogen-bond acceptors (Lipinski definition) is 2. The van der Waals surface area contributed by atoms with E-state index in [-0.39, 0.29) is 10.8 Å². The van der Waals surface area contributed by atoms with Crippen molar-refractivity contribution in [2.24, 2.45) is 0 Å². The first-order valence-corrected chi connectivity index (χ1v) is 8.06. The average molecular weight is 280 g/mol. The fourth-order valence-electron chi connectivity index (χ4n) is 2.05. The van der Waals surface area contributed by atoms with Gasteiger partial charge in [0.15, 0.2) is 0 Å². The van der Waals surface area contributed by atoms with Gasteiger partial charge in [0.25, 0.3) is 0 Å². The van der Waals surface area contributed by atoms with Crippen molar-refractivity contribution in [2.75, 3.05) is 5.75 Å². The van der Waals surface area contributed by atoms with Gasteiger partial charge in [0.05, 0.1) is 0 Å². The van der Waals surface area contributed by atoms with E-state index >= 15 is 0 Å². The molecule has 0 fully saturated rings. The van der Waals surface area contributed by atoms with Gasteiger partial charge in [0.1, 0.15) is 5.75 Å². The zero-order valence-electron chi connectivity index (χ0n) is 13.4. The molecule has 0 saturated heterocycles. The van der Waals surface area contributed by atoms with Crippen molar-refractivity contribution in [3.63, 3.8) is 0 Å². The van der Waals surface area contributed by atoms with Gasteiger partial charge < -0.3 is 5.11 Å². The lowest BCUT2D eigenvalue weighted by Crippen LogP contribution is -2.17. The summed E-state index contributed by atoms with van der Waals surface area (Å²) < 4.78 is 0. The fraction of sp³-hybridized carbons (Fsp3) is 0.647. The molecule has 1 aromatic carbocycles. The van der Waals surface area contributed by atoms with E-state index in [1.165, 1.54) is 11.3 Å². The van der Waals surface area contributed by atoms with Gasteiger partial charge in [-0.05, 0) is 35.1 Å². The molecule has 0 amide bonds. The Balaban J connectivity index is 3.39. The predicted octanol–water partition coefficient (Wildman–Crippen LogP) is 5.49. The minimum absolute atomic E-state index is 0.0349. The van der Waals surface area contributed by atoms with Crippen molar-refractivity contribution in [2.45, 2.75) is 70.6 Å². The zero-order chi connectivity index (χ0) is 14.8. The SMILES string of the molecule is CCCSc1cc(C(C)(C)C)c(O)c(C(C)(C)C)c1. The Hall–Kier alpha value is -0.630. The molecular formula is C17H28OS. The molecule has 0 bridgehead atoms. The Kier molecular flexibility index (Phi) is 5.00. The summed E-state index contributed by atoms with van der Waals surface area (Å²) in [6.07, 6.45) is 1.17. The van der Waals surface area contributed by atoms with Crippen LogP contribution in [-0.4, -0.2) is 10.9 Å². The normalized spacial score (nSPS) is 12.8. The van der Waals surface area contributed by atoms with E-state index in [4.69, 9.17) is 0 Å². The standard InChI is InChI=1S/C17H28OS/c1-8-9-19-12-10-13(16(2,3)4)15(18)14(11-12)17(5,6)7/h10-11,18H,8-9H2,1-7H3. The van der Waals surface area contributed by atoms with E-state index in [0.717, 1.165) is 16.9 Å². The summed E-state index contributed by atoms with van der Waals surface area (Å²) in [6, 6.07) is 4.32. The molecule has 0 heterocycles. The Bertz CT molecular complexity index is 401. The summed E-state index contributed by atoms with van der Waals surface area (Å²) in [5, 5.41) is 10.6. The van der Waals surface area contributed by atoms with Gasteiger partial charge in [0, 0.05) is 16.0 Å². The Morgan fingerprint density at radius 2 is 1.37 bits per heavy atom. The van der Waals surface area contributed by atoms with Crippen LogP contribution in [0.15, 0.2) is 17.0 Å². The summed E-state index contributed by atoms with van der Waals surface area (Å²) in [5.74, 6) is 1.60. The summed E-state index contributed by atoms with van der Waals surface area (Å²) in [4.78, 5) is 1.27. The molecule has 1 nitrogen and oxygen atoms in total. The highest BCUT2D eigenvalue weighted by atomic mass is 32.2. The number of aromatic hydroxyl groups is 1. The van der Waals surface area contributed by atoms with Crippen LogP contribution >= 0.6 is 11.8 Å². The van der Waals surface area contributed by atoms with Gasteiger partial charge in [-0.3, -0.25) is 0 Å². The maximum atomic E-state index is 10.6. The van der Waals surface area contributed by atoms with Gasteiger partial charge in [0.2, 0.25) is 0 Å². The summed E-state index contributed by atoms with van der Waals surface area (Å²) in [5.41, 5.74) is 2.04. The maximum Gasteiger partial charge on any atom is 0.123 e. The summed E-state index contributed by atoms with van der Waals surface area (Å²) in [6.45, 7) is 15.1. The number of thioether (sulfide) groups is 1. The molecule has 19 heavy (non-hydrogen) atoms. The highest BCUT2D eigenvalue weighted by Crippen LogP contribution is 2.41. The molecule has 0 aliphatic carbocycles. The molecule has 2 heteroatoms. The van der Waals surface area contributed by atoms with Gasteiger partial charge in [-0.2, -0.15) is 0 Å². The van der Waals surface area contributed by atoms with Crippen LogP contribution in [0.2, 0.25) is 0 Å². The molecule has 0 aliphatic heterocycles. The quantitative estimate of drug-likeness (QED) is 0.739. The molecule has 0 spiro atoms. The van der Waals surface area contributed by atoms with Crippen LogP contribution in [0.25, 0.3) is 0 Å². The van der Waals surface area contributed by atoms with Crippen molar-refractivity contribution in [3.8, 4) is 5.75 Å². The van der Waals surface area contributed by atoms with Crippen molar-refractivity contribution < 1.29 is 5.11 Å². The van der Waals surface area contributed by atoms with Gasteiger partial charge in [-0.15, -0.1) is 11.8 Å². The molecule has 0 saturated carbocycles. The molecule has 1 aromatic rings. The lowest BCUT2D eigenvalue weighted by atomic mass is 9.79. The minimum Gasteiger partial charge on any atom is -0.507 e. The second-order valence-corrected chi connectivity index (χ2v) is 8.38. The number of rotatable bonds is 3. The van der Waals surface area contributed by atoms with E-state index in [1.807, 2.05) is 11.8 Å². The zero-order valence-corrected chi connectivity index (χ0v) is 14.2. The second kappa shape index (κ2) is 5.78. The average Bonchev–Trinajstić information content (AvgIpc) is 2.24. The fourth-order valence-corrected chi connectivity index (χ4v) is 2.90. The van der Waals surface area contributed by atoms with Crippen LogP contribution < -0.4 is 0 Å². The smallest absolute Gasteiger partial charge is 0.123 e. The van der Waals surface area contributed by atoms with Crippen molar-refractivity contribution in [3.05, 3.63) is 23.3 Å². The molecule has 0 atom stereocenters. The molecule has 108 valence electrons. The van der Waals surface area contributed by atoms with Crippen LogP contribution in [0.1, 0.15) is 66.0 Å². The van der Waals surface area contributed by atoms with Crippen molar-refractivity contribution in [1.29, 1.82) is 0 Å². The van der Waals surface area contributed by atoms with Gasteiger partial charge in [-0.1, -0.05) is 48.5 Å². The third kappa shape index (κ3) is 4.17. The van der Waals surface area contributed by atoms with Crippen LogP contribution in [0.3, 0.4) is 0 Å². The van der Waals surface area contributed by atoms with E-state index < -0.39 is 0 Å². The van der Waals surface area contributed by atoms with Crippen LogP contribution in [0.5, 0.6) is 5.75 Å². The maximum absolute atomic E-state index is 10.6. The molecule has 0 aromatic heterocycles. The number of benzene rings is 1. The number of phenols is 1. The minimum atomic E-state index is -0.0349. The van der Waals surface area contributed by atoms with Crippen LogP contribution in [0, 0.1) is 0 Å². The lowest BCUT2D eigenvalue weighted by molar-refractivity contribution is 0.422. The highest BCUT2D eigenvalue weighted by molar-refractivity contribution is 7.99. The second-order valence-electron chi connectivity index (χ2n) is 7.22. The highest BCUT2D eigenvalue weighted by Gasteiger charge is 2.26. The third-order valence-electron chi connectivity index (χ3n) is 3.17. The Labute approximate surface area is 122 Å². The van der Waals surface area contributed by atoms with Crippen molar-refractivity contribution >= 4 is 11.8 Å². The van der Waals surface area contributed by atoms with Gasteiger partial charge >= 0.3 is 0 Å². The topological polar surface area (TPSA) is 20.2 Å². The first-order valence-electron chi connectivity index (χ1n) is 7.08. The van der Waals surface area contributed by atoms with Gasteiger partial charge in [-0.25, -0.2) is 0 Å². The number of phenolic OH excluding ortho intramolecular Hbond substituents is 1. The van der Waals surface area contributed by atoms with E-state index in [9.17, 15) is 5.11 Å². The monoisotopic (exact) mass is 280 g/mol. The summed E-state index contributed by atoms with van der Waals surface area (Å²) in [7, 11) is 0.